The third-order valence-corrected chi connectivity index (χ3v) is 3.71. The second-order valence-electron chi connectivity index (χ2n) is 4.83. The number of anilines is 2. The molecule has 0 saturated carbocycles. The van der Waals surface area contributed by atoms with Crippen LogP contribution in [0.25, 0.3) is 10.8 Å². The molecule has 1 aromatic heterocycles. The van der Waals surface area contributed by atoms with Crippen LogP contribution in [-0.2, 0) is 0 Å². The first-order valence-electron chi connectivity index (χ1n) is 6.70. The topological polar surface area (TPSA) is 28.2 Å². The van der Waals surface area contributed by atoms with Crippen molar-refractivity contribution in [2.75, 3.05) is 30.4 Å². The van der Waals surface area contributed by atoms with E-state index in [0.717, 1.165) is 18.9 Å². The van der Waals surface area contributed by atoms with Crippen LogP contribution in [0.1, 0.15) is 19.3 Å². The highest BCUT2D eigenvalue weighted by atomic mass is 15.2. The molecule has 0 atom stereocenters. The summed E-state index contributed by atoms with van der Waals surface area (Å²) in [7, 11) is 1.97. The third kappa shape index (κ3) is 1.90. The lowest BCUT2D eigenvalue weighted by Gasteiger charge is -2.28. The van der Waals surface area contributed by atoms with Gasteiger partial charge in [-0.25, -0.2) is 4.98 Å². The van der Waals surface area contributed by atoms with E-state index in [1.807, 2.05) is 13.2 Å². The molecule has 1 saturated heterocycles. The molecule has 0 aliphatic carbocycles. The summed E-state index contributed by atoms with van der Waals surface area (Å²) in [6.45, 7) is 2.27. The van der Waals surface area contributed by atoms with Crippen molar-refractivity contribution in [1.82, 2.24) is 4.98 Å². The Morgan fingerprint density at radius 1 is 1.06 bits per heavy atom. The monoisotopic (exact) mass is 241 g/mol. The maximum Gasteiger partial charge on any atom is 0.136 e. The maximum absolute atomic E-state index is 4.60. The van der Waals surface area contributed by atoms with Crippen molar-refractivity contribution in [1.29, 1.82) is 0 Å². The van der Waals surface area contributed by atoms with Crippen LogP contribution in [0.3, 0.4) is 0 Å². The van der Waals surface area contributed by atoms with E-state index in [0.29, 0.717) is 0 Å². The van der Waals surface area contributed by atoms with Crippen LogP contribution in [0.15, 0.2) is 30.5 Å². The molecule has 1 fully saturated rings. The number of pyridine rings is 1. The molecule has 3 nitrogen and oxygen atoms in total. The largest absolute Gasteiger partial charge is 0.388 e. The first-order valence-corrected chi connectivity index (χ1v) is 6.70. The summed E-state index contributed by atoms with van der Waals surface area (Å²) < 4.78 is 0. The van der Waals surface area contributed by atoms with Gasteiger partial charge in [-0.15, -0.1) is 0 Å². The zero-order valence-corrected chi connectivity index (χ0v) is 10.8. The molecule has 18 heavy (non-hydrogen) atoms. The van der Waals surface area contributed by atoms with Crippen LogP contribution >= 0.6 is 0 Å². The van der Waals surface area contributed by atoms with E-state index in [2.05, 4.69) is 39.5 Å². The maximum atomic E-state index is 4.60. The van der Waals surface area contributed by atoms with Gasteiger partial charge in [0.05, 0.1) is 0 Å². The predicted octanol–water partition coefficient (Wildman–Crippen LogP) is 3.27. The number of hydrogen-bond donors (Lipinski definition) is 1. The molecule has 0 unspecified atom stereocenters. The average Bonchev–Trinajstić information content (AvgIpc) is 2.47. The normalized spacial score (nSPS) is 15.9. The number of nitrogens with one attached hydrogen (secondary N) is 1. The average molecular weight is 241 g/mol. The van der Waals surface area contributed by atoms with Crippen molar-refractivity contribution in [3.05, 3.63) is 30.5 Å². The summed E-state index contributed by atoms with van der Waals surface area (Å²) in [5.74, 6) is 1.14. The van der Waals surface area contributed by atoms with E-state index in [4.69, 9.17) is 0 Å². The Morgan fingerprint density at radius 2 is 1.89 bits per heavy atom. The fourth-order valence-electron chi connectivity index (χ4n) is 2.77. The summed E-state index contributed by atoms with van der Waals surface area (Å²) in [5.41, 5.74) is 1.17. The molecule has 1 aliphatic heterocycles. The lowest BCUT2D eigenvalue weighted by Crippen LogP contribution is -2.30. The number of aromatic nitrogens is 1. The molecule has 1 aliphatic rings. The molecule has 0 radical (unpaired) electrons. The second-order valence-corrected chi connectivity index (χ2v) is 4.83. The quantitative estimate of drug-likeness (QED) is 0.874. The molecule has 0 spiro atoms. The highest BCUT2D eigenvalue weighted by molar-refractivity contribution is 6.00. The molecule has 1 aromatic carbocycles. The second kappa shape index (κ2) is 4.84. The van der Waals surface area contributed by atoms with Crippen molar-refractivity contribution >= 4 is 22.3 Å². The Morgan fingerprint density at radius 3 is 2.67 bits per heavy atom. The minimum absolute atomic E-state index is 1.13. The predicted molar refractivity (Wildman–Crippen MR) is 77.4 cm³/mol. The van der Waals surface area contributed by atoms with Crippen LogP contribution < -0.4 is 10.2 Å². The van der Waals surface area contributed by atoms with Gasteiger partial charge in [0, 0.05) is 42.8 Å². The third-order valence-electron chi connectivity index (χ3n) is 3.71. The molecular formula is C15H19N3. The van der Waals surface area contributed by atoms with Crippen molar-refractivity contribution < 1.29 is 0 Å². The van der Waals surface area contributed by atoms with Gasteiger partial charge >= 0.3 is 0 Å². The van der Waals surface area contributed by atoms with Crippen molar-refractivity contribution in [2.24, 2.45) is 0 Å². The fraction of sp³-hybridized carbons (Fsp3) is 0.400. The summed E-state index contributed by atoms with van der Waals surface area (Å²) in [6.07, 6.45) is 5.84. The lowest BCUT2D eigenvalue weighted by atomic mass is 10.1. The molecule has 3 heteroatoms. The number of nitrogens with zero attached hydrogens (tertiary/aromatic N) is 2. The molecule has 2 aromatic rings. The Bertz CT molecular complexity index is 544. The minimum Gasteiger partial charge on any atom is -0.388 e. The van der Waals surface area contributed by atoms with E-state index in [1.54, 1.807) is 0 Å². The summed E-state index contributed by atoms with van der Waals surface area (Å²) in [4.78, 5) is 7.03. The van der Waals surface area contributed by atoms with E-state index in [9.17, 15) is 0 Å². The SMILES string of the molecule is CNc1cccc2c(N3CCCCC3)nccc12. The molecule has 3 rings (SSSR count). The number of hydrogen-bond acceptors (Lipinski definition) is 3. The smallest absolute Gasteiger partial charge is 0.136 e. The van der Waals surface area contributed by atoms with Gasteiger partial charge in [-0.1, -0.05) is 12.1 Å². The van der Waals surface area contributed by atoms with Gasteiger partial charge in [0.1, 0.15) is 5.82 Å². The Kier molecular flexibility index (Phi) is 3.05. The Balaban J connectivity index is 2.11. The van der Waals surface area contributed by atoms with Crippen LogP contribution in [0, 0.1) is 0 Å². The van der Waals surface area contributed by atoms with Gasteiger partial charge in [-0.2, -0.15) is 0 Å². The number of benzene rings is 1. The fourth-order valence-corrected chi connectivity index (χ4v) is 2.77. The van der Waals surface area contributed by atoms with Crippen molar-refractivity contribution in [2.45, 2.75) is 19.3 Å². The van der Waals surface area contributed by atoms with Gasteiger partial charge in [0.15, 0.2) is 0 Å². The summed E-state index contributed by atoms with van der Waals surface area (Å²) >= 11 is 0. The van der Waals surface area contributed by atoms with Gasteiger partial charge in [-0.3, -0.25) is 0 Å². The van der Waals surface area contributed by atoms with Gasteiger partial charge in [0.25, 0.3) is 0 Å². The lowest BCUT2D eigenvalue weighted by molar-refractivity contribution is 0.575. The van der Waals surface area contributed by atoms with Gasteiger partial charge in [-0.05, 0) is 31.4 Å². The highest BCUT2D eigenvalue weighted by Gasteiger charge is 2.15. The first-order chi connectivity index (χ1) is 8.90. The van der Waals surface area contributed by atoms with E-state index in [1.165, 1.54) is 35.7 Å². The number of rotatable bonds is 2. The minimum atomic E-state index is 1.13. The van der Waals surface area contributed by atoms with Gasteiger partial charge in [0.2, 0.25) is 0 Å². The van der Waals surface area contributed by atoms with Crippen molar-refractivity contribution in [3.63, 3.8) is 0 Å². The van der Waals surface area contributed by atoms with E-state index in [-0.39, 0.29) is 0 Å². The Hall–Kier alpha value is -1.77. The highest BCUT2D eigenvalue weighted by Crippen LogP contribution is 2.30. The van der Waals surface area contributed by atoms with Crippen molar-refractivity contribution in [3.8, 4) is 0 Å². The molecule has 0 amide bonds. The molecular weight excluding hydrogens is 222 g/mol. The van der Waals surface area contributed by atoms with Crippen LogP contribution in [-0.4, -0.2) is 25.1 Å². The van der Waals surface area contributed by atoms with Crippen LogP contribution in [0.2, 0.25) is 0 Å². The van der Waals surface area contributed by atoms with Gasteiger partial charge < -0.3 is 10.2 Å². The zero-order valence-electron chi connectivity index (χ0n) is 10.8. The standard InChI is InChI=1S/C15H19N3/c1-16-14-7-5-6-13-12(14)8-9-17-15(13)18-10-3-2-4-11-18/h5-9,16H,2-4,10-11H2,1H3. The molecule has 94 valence electrons. The number of piperidine rings is 1. The molecule has 0 bridgehead atoms. The number of fused-ring (bicyclic) bond motifs is 1. The van der Waals surface area contributed by atoms with E-state index < -0.39 is 0 Å². The van der Waals surface area contributed by atoms with Crippen LogP contribution in [0.5, 0.6) is 0 Å². The zero-order chi connectivity index (χ0) is 12.4. The summed E-state index contributed by atoms with van der Waals surface area (Å²) in [6, 6.07) is 8.48. The molecule has 1 N–H and O–H groups in total. The first kappa shape index (κ1) is 11.3. The Labute approximate surface area is 108 Å². The van der Waals surface area contributed by atoms with E-state index >= 15 is 0 Å². The van der Waals surface area contributed by atoms with Crippen LogP contribution in [0.4, 0.5) is 11.5 Å². The summed E-state index contributed by atoms with van der Waals surface area (Å²) in [5, 5.41) is 5.77. The molecule has 2 heterocycles.